The first-order chi connectivity index (χ1) is 7.95. The van der Waals surface area contributed by atoms with E-state index in [1.165, 1.54) is 0 Å². The minimum Gasteiger partial charge on any atom is -0.398 e. The number of nitrogens with two attached hydrogens (primary N) is 1. The predicted octanol–water partition coefficient (Wildman–Crippen LogP) is 1.49. The van der Waals surface area contributed by atoms with Crippen LogP contribution < -0.4 is 10.6 Å². The summed E-state index contributed by atoms with van der Waals surface area (Å²) in [5.74, 6) is 0.0889. The van der Waals surface area contributed by atoms with E-state index in [0.717, 1.165) is 23.5 Å². The third-order valence-corrected chi connectivity index (χ3v) is 2.83. The number of amides is 1. The highest BCUT2D eigenvalue weighted by Gasteiger charge is 2.11. The van der Waals surface area contributed by atoms with Gasteiger partial charge in [0, 0.05) is 32.0 Å². The van der Waals surface area contributed by atoms with E-state index in [-0.39, 0.29) is 5.91 Å². The van der Waals surface area contributed by atoms with Crippen LogP contribution in [-0.4, -0.2) is 38.0 Å². The normalized spacial score (nSPS) is 10.1. The topological polar surface area (TPSA) is 49.6 Å². The molecule has 0 aliphatic rings. The Kier molecular flexibility index (Phi) is 4.37. The Morgan fingerprint density at radius 2 is 2.00 bits per heavy atom. The molecule has 0 fully saturated rings. The Hall–Kier alpha value is -1.71. The second-order valence-electron chi connectivity index (χ2n) is 4.34. The van der Waals surface area contributed by atoms with Crippen molar-refractivity contribution in [2.24, 2.45) is 0 Å². The minimum atomic E-state index is 0.0889. The van der Waals surface area contributed by atoms with Crippen LogP contribution in [0.25, 0.3) is 0 Å². The molecule has 1 aromatic carbocycles. The Morgan fingerprint density at radius 1 is 1.35 bits per heavy atom. The lowest BCUT2D eigenvalue weighted by atomic mass is 10.1. The van der Waals surface area contributed by atoms with Crippen LogP contribution in [0.1, 0.15) is 12.5 Å². The van der Waals surface area contributed by atoms with Gasteiger partial charge in [0.25, 0.3) is 0 Å². The molecule has 0 spiro atoms. The van der Waals surface area contributed by atoms with Gasteiger partial charge in [0.2, 0.25) is 5.91 Å². The first kappa shape index (κ1) is 13.4. The zero-order valence-corrected chi connectivity index (χ0v) is 11.0. The van der Waals surface area contributed by atoms with E-state index in [9.17, 15) is 4.79 Å². The minimum absolute atomic E-state index is 0.0889. The molecule has 0 saturated heterocycles. The summed E-state index contributed by atoms with van der Waals surface area (Å²) in [4.78, 5) is 15.3. The van der Waals surface area contributed by atoms with E-state index in [2.05, 4.69) is 0 Å². The average molecular weight is 235 g/mol. The Morgan fingerprint density at radius 3 is 2.47 bits per heavy atom. The number of nitrogens with zero attached hydrogens (tertiary/aromatic N) is 2. The van der Waals surface area contributed by atoms with Crippen LogP contribution in [0.4, 0.5) is 11.4 Å². The van der Waals surface area contributed by atoms with E-state index in [1.807, 2.05) is 36.9 Å². The number of carbonyl (C=O) groups excluding carboxylic acids is 1. The molecule has 0 radical (unpaired) electrons. The molecule has 0 bridgehead atoms. The third-order valence-electron chi connectivity index (χ3n) is 2.83. The van der Waals surface area contributed by atoms with Crippen molar-refractivity contribution in [2.75, 3.05) is 37.8 Å². The van der Waals surface area contributed by atoms with Gasteiger partial charge in [0.1, 0.15) is 0 Å². The van der Waals surface area contributed by atoms with Gasteiger partial charge in [-0.3, -0.25) is 4.79 Å². The zero-order valence-electron chi connectivity index (χ0n) is 11.0. The van der Waals surface area contributed by atoms with Crippen molar-refractivity contribution in [3.05, 3.63) is 23.8 Å². The van der Waals surface area contributed by atoms with Crippen LogP contribution in [0.2, 0.25) is 0 Å². The molecule has 0 heterocycles. The summed E-state index contributed by atoms with van der Waals surface area (Å²) in [6.45, 7) is 5.16. The fourth-order valence-corrected chi connectivity index (χ4v) is 1.51. The van der Waals surface area contributed by atoms with Crippen LogP contribution in [0.3, 0.4) is 0 Å². The van der Waals surface area contributed by atoms with Crippen molar-refractivity contribution in [2.45, 2.75) is 13.8 Å². The number of likely N-dealkylation sites (N-methyl/N-ethyl adjacent to an activating group) is 2. The summed E-state index contributed by atoms with van der Waals surface area (Å²) < 4.78 is 0. The Labute approximate surface area is 103 Å². The molecule has 4 heteroatoms. The van der Waals surface area contributed by atoms with Crippen LogP contribution in [0, 0.1) is 6.92 Å². The fraction of sp³-hybridized carbons (Fsp3) is 0.462. The van der Waals surface area contributed by atoms with Crippen molar-refractivity contribution in [3.8, 4) is 0 Å². The lowest BCUT2D eigenvalue weighted by molar-refractivity contribution is -0.127. The number of aryl methyl sites for hydroxylation is 1. The summed E-state index contributed by atoms with van der Waals surface area (Å²) in [6, 6.07) is 5.90. The largest absolute Gasteiger partial charge is 0.398 e. The highest BCUT2D eigenvalue weighted by atomic mass is 16.2. The third kappa shape index (κ3) is 3.37. The highest BCUT2D eigenvalue weighted by Crippen LogP contribution is 2.20. The quantitative estimate of drug-likeness (QED) is 0.804. The standard InChI is InChI=1S/C13H21N3O/c1-5-16(9-13(17)15(3)4)11-7-6-10(2)12(14)8-11/h6-8H,5,9,14H2,1-4H3. The van der Waals surface area contributed by atoms with Crippen molar-refractivity contribution in [1.29, 1.82) is 0 Å². The van der Waals surface area contributed by atoms with Crippen LogP contribution in [-0.2, 0) is 4.79 Å². The molecule has 0 aliphatic heterocycles. The first-order valence-corrected chi connectivity index (χ1v) is 5.77. The molecular weight excluding hydrogens is 214 g/mol. The van der Waals surface area contributed by atoms with Gasteiger partial charge < -0.3 is 15.5 Å². The second-order valence-corrected chi connectivity index (χ2v) is 4.34. The molecule has 17 heavy (non-hydrogen) atoms. The second kappa shape index (κ2) is 5.57. The molecule has 0 aliphatic carbocycles. The SMILES string of the molecule is CCN(CC(=O)N(C)C)c1ccc(C)c(N)c1. The van der Waals surface area contributed by atoms with Gasteiger partial charge in [-0.15, -0.1) is 0 Å². The molecule has 1 amide bonds. The molecule has 4 nitrogen and oxygen atoms in total. The van der Waals surface area contributed by atoms with Crippen molar-refractivity contribution >= 4 is 17.3 Å². The molecule has 1 rings (SSSR count). The number of rotatable bonds is 4. The van der Waals surface area contributed by atoms with E-state index in [0.29, 0.717) is 6.54 Å². The van der Waals surface area contributed by atoms with Gasteiger partial charge in [0.05, 0.1) is 6.54 Å². The predicted molar refractivity (Wildman–Crippen MR) is 72.2 cm³/mol. The van der Waals surface area contributed by atoms with Crippen LogP contribution in [0.15, 0.2) is 18.2 Å². The molecule has 1 aromatic rings. The summed E-state index contributed by atoms with van der Waals surface area (Å²) in [6.07, 6.45) is 0. The average Bonchev–Trinajstić information content (AvgIpc) is 2.29. The van der Waals surface area contributed by atoms with Crippen molar-refractivity contribution in [3.63, 3.8) is 0 Å². The molecule has 0 atom stereocenters. The molecule has 0 saturated carbocycles. The summed E-state index contributed by atoms with van der Waals surface area (Å²) in [5, 5.41) is 0. The molecular formula is C13H21N3O. The molecule has 0 aromatic heterocycles. The monoisotopic (exact) mass is 235 g/mol. The number of hydrogen-bond donors (Lipinski definition) is 1. The van der Waals surface area contributed by atoms with Crippen molar-refractivity contribution < 1.29 is 4.79 Å². The van der Waals surface area contributed by atoms with E-state index in [1.54, 1.807) is 19.0 Å². The van der Waals surface area contributed by atoms with Gasteiger partial charge in [-0.2, -0.15) is 0 Å². The van der Waals surface area contributed by atoms with E-state index < -0.39 is 0 Å². The number of carbonyl (C=O) groups is 1. The van der Waals surface area contributed by atoms with Gasteiger partial charge in [-0.05, 0) is 31.5 Å². The van der Waals surface area contributed by atoms with Crippen molar-refractivity contribution in [1.82, 2.24) is 4.90 Å². The Bertz CT molecular complexity index is 402. The fourth-order valence-electron chi connectivity index (χ4n) is 1.51. The van der Waals surface area contributed by atoms with E-state index >= 15 is 0 Å². The highest BCUT2D eigenvalue weighted by molar-refractivity contribution is 5.81. The maximum absolute atomic E-state index is 11.7. The maximum Gasteiger partial charge on any atom is 0.241 e. The number of nitrogen functional groups attached to an aromatic ring is 1. The Balaban J connectivity index is 2.86. The molecule has 0 unspecified atom stereocenters. The summed E-state index contributed by atoms with van der Waals surface area (Å²) >= 11 is 0. The molecule has 94 valence electrons. The lowest BCUT2D eigenvalue weighted by Crippen LogP contribution is -2.36. The number of benzene rings is 1. The smallest absolute Gasteiger partial charge is 0.241 e. The van der Waals surface area contributed by atoms with E-state index in [4.69, 9.17) is 5.73 Å². The number of hydrogen-bond acceptors (Lipinski definition) is 3. The van der Waals surface area contributed by atoms with Gasteiger partial charge in [0.15, 0.2) is 0 Å². The van der Waals surface area contributed by atoms with Gasteiger partial charge in [-0.25, -0.2) is 0 Å². The zero-order chi connectivity index (χ0) is 13.0. The first-order valence-electron chi connectivity index (χ1n) is 5.77. The van der Waals surface area contributed by atoms with Crippen LogP contribution >= 0.6 is 0 Å². The molecule has 2 N–H and O–H groups in total. The lowest BCUT2D eigenvalue weighted by Gasteiger charge is -2.24. The number of anilines is 2. The van der Waals surface area contributed by atoms with Crippen LogP contribution in [0.5, 0.6) is 0 Å². The summed E-state index contributed by atoms with van der Waals surface area (Å²) in [5.41, 5.74) is 8.69. The summed E-state index contributed by atoms with van der Waals surface area (Å²) in [7, 11) is 3.53. The maximum atomic E-state index is 11.7. The van der Waals surface area contributed by atoms with Gasteiger partial charge >= 0.3 is 0 Å². The van der Waals surface area contributed by atoms with Gasteiger partial charge in [-0.1, -0.05) is 6.07 Å².